The van der Waals surface area contributed by atoms with E-state index >= 15 is 0 Å². The molecule has 1 saturated heterocycles. The van der Waals surface area contributed by atoms with Crippen LogP contribution >= 0.6 is 34.9 Å². The van der Waals surface area contributed by atoms with Gasteiger partial charge in [-0.05, 0) is 47.3 Å². The van der Waals surface area contributed by atoms with E-state index in [0.29, 0.717) is 0 Å². The van der Waals surface area contributed by atoms with Gasteiger partial charge in [0.15, 0.2) is 4.80 Å². The number of rotatable bonds is 3. The smallest absolute Gasteiger partial charge is 0.272 e. The summed E-state index contributed by atoms with van der Waals surface area (Å²) in [7, 11) is 1.66. The minimum Gasteiger partial charge on any atom is -0.497 e. The fraction of sp³-hybridized carbons (Fsp3) is 0.217. The number of thioether (sulfide) groups is 2. The van der Waals surface area contributed by atoms with Gasteiger partial charge in [0.05, 0.1) is 23.1 Å². The van der Waals surface area contributed by atoms with E-state index in [9.17, 15) is 4.79 Å². The number of allylic oxidation sites excluding steroid dienone is 1. The highest BCUT2D eigenvalue weighted by Crippen LogP contribution is 2.35. The molecular weight excluding hydrogens is 432 g/mol. The van der Waals surface area contributed by atoms with E-state index in [4.69, 9.17) is 9.73 Å². The zero-order valence-electron chi connectivity index (χ0n) is 16.4. The molecule has 0 spiro atoms. The van der Waals surface area contributed by atoms with Gasteiger partial charge in [-0.3, -0.25) is 9.36 Å². The third-order valence-corrected chi connectivity index (χ3v) is 9.03. The Kier molecular flexibility index (Phi) is 5.58. The first-order valence-electron chi connectivity index (χ1n) is 9.76. The number of nitrogens with zero attached hydrogens (tertiary/aromatic N) is 2. The predicted octanol–water partition coefficient (Wildman–Crippen LogP) is 4.12. The van der Waals surface area contributed by atoms with Crippen molar-refractivity contribution in [3.05, 3.63) is 91.5 Å². The third kappa shape index (κ3) is 3.66. The molecule has 2 aliphatic heterocycles. The van der Waals surface area contributed by atoms with Crippen LogP contribution < -0.4 is 19.6 Å². The first-order chi connectivity index (χ1) is 14.7. The largest absolute Gasteiger partial charge is 0.497 e. The van der Waals surface area contributed by atoms with Crippen molar-refractivity contribution in [2.24, 2.45) is 4.99 Å². The van der Waals surface area contributed by atoms with Gasteiger partial charge in [0.1, 0.15) is 10.3 Å². The summed E-state index contributed by atoms with van der Waals surface area (Å²) in [4.78, 5) is 19.1. The minimum atomic E-state index is -0.199. The van der Waals surface area contributed by atoms with Crippen molar-refractivity contribution in [2.45, 2.75) is 12.5 Å². The van der Waals surface area contributed by atoms with Gasteiger partial charge in [-0.25, -0.2) is 4.99 Å². The van der Waals surface area contributed by atoms with Crippen LogP contribution in [-0.2, 0) is 0 Å². The van der Waals surface area contributed by atoms with Crippen molar-refractivity contribution >= 4 is 44.8 Å². The van der Waals surface area contributed by atoms with Crippen LogP contribution in [0.1, 0.15) is 23.6 Å². The van der Waals surface area contributed by atoms with Crippen molar-refractivity contribution in [2.75, 3.05) is 18.6 Å². The van der Waals surface area contributed by atoms with Gasteiger partial charge in [-0.15, -0.1) is 23.5 Å². The lowest BCUT2D eigenvalue weighted by Gasteiger charge is -2.20. The summed E-state index contributed by atoms with van der Waals surface area (Å²) in [5, 5.41) is 0. The number of fused-ring (bicyclic) bond motifs is 1. The van der Waals surface area contributed by atoms with Crippen LogP contribution in [0.2, 0.25) is 0 Å². The Hall–Kier alpha value is -2.22. The van der Waals surface area contributed by atoms with Crippen molar-refractivity contribution in [1.29, 1.82) is 0 Å². The summed E-state index contributed by atoms with van der Waals surface area (Å²) in [6, 6.07) is 17.9. The van der Waals surface area contributed by atoms with Crippen LogP contribution in [0.4, 0.5) is 0 Å². The van der Waals surface area contributed by atoms with Gasteiger partial charge in [-0.2, -0.15) is 0 Å². The highest BCUT2D eigenvalue weighted by Gasteiger charge is 2.24. The molecule has 4 nitrogen and oxygen atoms in total. The second-order valence-corrected chi connectivity index (χ2v) is 10.4. The molecule has 0 saturated carbocycles. The molecule has 7 heteroatoms. The van der Waals surface area contributed by atoms with Crippen LogP contribution in [0.5, 0.6) is 5.75 Å². The quantitative estimate of drug-likeness (QED) is 0.600. The van der Waals surface area contributed by atoms with Gasteiger partial charge in [0, 0.05) is 0 Å². The number of aromatic nitrogens is 1. The Labute approximate surface area is 187 Å². The second kappa shape index (κ2) is 8.49. The average molecular weight is 453 g/mol. The van der Waals surface area contributed by atoms with Crippen LogP contribution in [0.3, 0.4) is 0 Å². The van der Waals surface area contributed by atoms with Crippen molar-refractivity contribution in [1.82, 2.24) is 4.57 Å². The third-order valence-electron chi connectivity index (χ3n) is 5.09. The van der Waals surface area contributed by atoms with Gasteiger partial charge in [0.25, 0.3) is 5.56 Å². The molecule has 30 heavy (non-hydrogen) atoms. The zero-order valence-corrected chi connectivity index (χ0v) is 18.9. The first kappa shape index (κ1) is 19.7. The molecule has 1 aromatic heterocycles. The summed E-state index contributed by atoms with van der Waals surface area (Å²) in [5.41, 5.74) is 3.05. The number of methoxy groups -OCH3 is 1. The SMILES string of the molecule is COc1ccc([C@@H]2C=C(c3ccccc3)N=c3sc(=C4SCCCS4)c(=O)n32)cc1. The summed E-state index contributed by atoms with van der Waals surface area (Å²) >= 11 is 5.10. The zero-order chi connectivity index (χ0) is 20.5. The summed E-state index contributed by atoms with van der Waals surface area (Å²) in [5.74, 6) is 2.94. The molecule has 2 aliphatic rings. The lowest BCUT2D eigenvalue weighted by Crippen LogP contribution is -2.36. The van der Waals surface area contributed by atoms with Gasteiger partial charge < -0.3 is 4.74 Å². The van der Waals surface area contributed by atoms with Crippen LogP contribution in [0, 0.1) is 0 Å². The number of thiazole rings is 1. The Balaban J connectivity index is 1.72. The highest BCUT2D eigenvalue weighted by molar-refractivity contribution is 8.30. The van der Waals surface area contributed by atoms with Gasteiger partial charge >= 0.3 is 0 Å². The predicted molar refractivity (Wildman–Crippen MR) is 128 cm³/mol. The van der Waals surface area contributed by atoms with Crippen molar-refractivity contribution in [3.63, 3.8) is 0 Å². The number of hydrogen-bond acceptors (Lipinski definition) is 6. The number of hydrogen-bond donors (Lipinski definition) is 0. The van der Waals surface area contributed by atoms with Crippen LogP contribution in [0.25, 0.3) is 9.93 Å². The molecule has 5 rings (SSSR count). The molecule has 0 aliphatic carbocycles. The van der Waals surface area contributed by atoms with E-state index in [1.807, 2.05) is 47.0 Å². The normalized spacial score (nSPS) is 18.4. The molecule has 3 aromatic rings. The van der Waals surface area contributed by atoms with Crippen molar-refractivity contribution < 1.29 is 4.74 Å². The molecule has 0 amide bonds. The second-order valence-electron chi connectivity index (χ2n) is 6.97. The standard InChI is InChI=1S/C23H20N2O2S3/c1-27-17-10-8-16(9-11-17)19-14-18(15-6-3-2-4-7-15)24-23-25(19)21(26)20(30-23)22-28-12-5-13-29-22/h2-4,6-11,14,19H,5,12-13H2,1H3/t19-/m0/s1. The molecule has 0 bridgehead atoms. The van der Waals surface area contributed by atoms with Gasteiger partial charge in [-0.1, -0.05) is 53.8 Å². The first-order valence-corrected chi connectivity index (χ1v) is 12.5. The molecule has 0 radical (unpaired) electrons. The monoisotopic (exact) mass is 452 g/mol. The molecular formula is C23H20N2O2S3. The van der Waals surface area contributed by atoms with E-state index in [2.05, 4.69) is 18.2 Å². The van der Waals surface area contributed by atoms with E-state index in [1.165, 1.54) is 17.8 Å². The Morgan fingerprint density at radius 3 is 2.47 bits per heavy atom. The van der Waals surface area contributed by atoms with Crippen LogP contribution in [-0.4, -0.2) is 23.2 Å². The number of benzene rings is 2. The Morgan fingerprint density at radius 2 is 1.77 bits per heavy atom. The molecule has 0 unspecified atom stereocenters. The van der Waals surface area contributed by atoms with Crippen molar-refractivity contribution in [3.8, 4) is 5.75 Å². The van der Waals surface area contributed by atoms with E-state index in [0.717, 1.165) is 47.7 Å². The molecule has 0 N–H and O–H groups in total. The highest BCUT2D eigenvalue weighted by atomic mass is 32.2. The summed E-state index contributed by atoms with van der Waals surface area (Å²) < 4.78 is 9.12. The minimum absolute atomic E-state index is 0.0554. The maximum atomic E-state index is 13.5. The lowest BCUT2D eigenvalue weighted by molar-refractivity contribution is 0.414. The average Bonchev–Trinajstić information content (AvgIpc) is 3.16. The fourth-order valence-electron chi connectivity index (χ4n) is 3.57. The maximum Gasteiger partial charge on any atom is 0.272 e. The van der Waals surface area contributed by atoms with E-state index in [-0.39, 0.29) is 11.6 Å². The fourth-order valence-corrected chi connectivity index (χ4v) is 7.47. The van der Waals surface area contributed by atoms with Crippen LogP contribution in [0.15, 0.2) is 70.5 Å². The molecule has 1 fully saturated rings. The molecule has 2 aromatic carbocycles. The Bertz CT molecular complexity index is 1270. The topological polar surface area (TPSA) is 43.6 Å². The molecule has 1 atom stereocenters. The van der Waals surface area contributed by atoms with E-state index < -0.39 is 0 Å². The lowest BCUT2D eigenvalue weighted by atomic mass is 10.0. The number of ether oxygens (including phenoxy) is 1. The molecule has 152 valence electrons. The molecule has 3 heterocycles. The summed E-state index contributed by atoms with van der Waals surface area (Å²) in [6.07, 6.45) is 3.28. The van der Waals surface area contributed by atoms with E-state index in [1.54, 1.807) is 30.6 Å². The maximum absolute atomic E-state index is 13.5. The Morgan fingerprint density at radius 1 is 1.03 bits per heavy atom. The van der Waals surface area contributed by atoms with Gasteiger partial charge in [0.2, 0.25) is 0 Å². The summed E-state index contributed by atoms with van der Waals surface area (Å²) in [6.45, 7) is 0.